The lowest BCUT2D eigenvalue weighted by molar-refractivity contribution is -0.140. The Balaban J connectivity index is 2.60. The van der Waals surface area contributed by atoms with Crippen molar-refractivity contribution in [3.05, 3.63) is 24.3 Å². The number of ether oxygens (including phenoxy) is 1. The quantitative estimate of drug-likeness (QED) is 0.799. The summed E-state index contributed by atoms with van der Waals surface area (Å²) in [5.41, 5.74) is 0.672. The van der Waals surface area contributed by atoms with Crippen LogP contribution in [0.25, 0.3) is 0 Å². The fourth-order valence-corrected chi connectivity index (χ4v) is 1.84. The SMILES string of the molecule is CCOC(=O)CNc1ccc(S(C)(=O)=O)cc1. The van der Waals surface area contributed by atoms with Crippen LogP contribution in [0.3, 0.4) is 0 Å². The summed E-state index contributed by atoms with van der Waals surface area (Å²) >= 11 is 0. The second kappa shape index (κ2) is 5.67. The second-order valence-electron chi connectivity index (χ2n) is 3.46. The topological polar surface area (TPSA) is 72.5 Å². The lowest BCUT2D eigenvalue weighted by atomic mass is 10.3. The Morgan fingerprint density at radius 3 is 2.35 bits per heavy atom. The number of hydrogen-bond acceptors (Lipinski definition) is 5. The summed E-state index contributed by atoms with van der Waals surface area (Å²) in [6.45, 7) is 2.14. The molecule has 0 amide bonds. The molecule has 0 unspecified atom stereocenters. The van der Waals surface area contributed by atoms with Gasteiger partial charge >= 0.3 is 5.97 Å². The Kier molecular flexibility index (Phi) is 4.51. The molecule has 0 aliphatic carbocycles. The molecule has 1 N–H and O–H groups in total. The fourth-order valence-electron chi connectivity index (χ4n) is 1.21. The average Bonchev–Trinajstić information content (AvgIpc) is 2.26. The Labute approximate surface area is 101 Å². The zero-order valence-corrected chi connectivity index (χ0v) is 10.6. The zero-order valence-electron chi connectivity index (χ0n) is 9.76. The first-order valence-corrected chi connectivity index (χ1v) is 7.02. The van der Waals surface area contributed by atoms with E-state index in [0.717, 1.165) is 6.26 Å². The van der Waals surface area contributed by atoms with Crippen molar-refractivity contribution in [1.82, 2.24) is 0 Å². The third-order valence-electron chi connectivity index (χ3n) is 2.02. The number of carbonyl (C=O) groups is 1. The smallest absolute Gasteiger partial charge is 0.325 e. The Hall–Kier alpha value is -1.56. The van der Waals surface area contributed by atoms with E-state index in [-0.39, 0.29) is 17.4 Å². The van der Waals surface area contributed by atoms with E-state index >= 15 is 0 Å². The second-order valence-corrected chi connectivity index (χ2v) is 5.47. The molecule has 0 aliphatic heterocycles. The molecule has 0 saturated heterocycles. The molecular formula is C11H15NO4S. The van der Waals surface area contributed by atoms with E-state index in [0.29, 0.717) is 12.3 Å². The van der Waals surface area contributed by atoms with Crippen molar-refractivity contribution in [2.45, 2.75) is 11.8 Å². The first-order valence-electron chi connectivity index (χ1n) is 5.13. The summed E-state index contributed by atoms with van der Waals surface area (Å²) in [6.07, 6.45) is 1.15. The van der Waals surface area contributed by atoms with E-state index in [2.05, 4.69) is 5.32 Å². The summed E-state index contributed by atoms with van der Waals surface area (Å²) in [5.74, 6) is -0.348. The Morgan fingerprint density at radius 2 is 1.88 bits per heavy atom. The molecular weight excluding hydrogens is 242 g/mol. The van der Waals surface area contributed by atoms with Gasteiger partial charge in [-0.2, -0.15) is 0 Å². The van der Waals surface area contributed by atoms with Gasteiger partial charge in [-0.15, -0.1) is 0 Å². The van der Waals surface area contributed by atoms with Crippen LogP contribution >= 0.6 is 0 Å². The van der Waals surface area contributed by atoms with Gasteiger partial charge in [0, 0.05) is 11.9 Å². The van der Waals surface area contributed by atoms with Crippen molar-refractivity contribution in [2.24, 2.45) is 0 Å². The number of esters is 1. The van der Waals surface area contributed by atoms with Gasteiger partial charge in [0.15, 0.2) is 9.84 Å². The van der Waals surface area contributed by atoms with Gasteiger partial charge in [-0.1, -0.05) is 0 Å². The zero-order chi connectivity index (χ0) is 12.9. The minimum Gasteiger partial charge on any atom is -0.465 e. The molecule has 6 heteroatoms. The van der Waals surface area contributed by atoms with Crippen molar-refractivity contribution in [3.8, 4) is 0 Å². The summed E-state index contributed by atoms with van der Waals surface area (Å²) in [6, 6.07) is 6.19. The maximum absolute atomic E-state index is 11.2. The van der Waals surface area contributed by atoms with E-state index in [1.165, 1.54) is 12.1 Å². The maximum Gasteiger partial charge on any atom is 0.325 e. The molecule has 0 aromatic heterocycles. The lowest BCUT2D eigenvalue weighted by Gasteiger charge is -2.06. The molecule has 1 aromatic carbocycles. The third kappa shape index (κ3) is 4.44. The molecule has 0 heterocycles. The van der Waals surface area contributed by atoms with Gasteiger partial charge < -0.3 is 10.1 Å². The summed E-state index contributed by atoms with van der Waals surface area (Å²) < 4.78 is 27.1. The number of hydrogen-bond donors (Lipinski definition) is 1. The van der Waals surface area contributed by atoms with E-state index in [4.69, 9.17) is 4.74 Å². The highest BCUT2D eigenvalue weighted by molar-refractivity contribution is 7.90. The molecule has 0 atom stereocenters. The van der Waals surface area contributed by atoms with Gasteiger partial charge in [0.1, 0.15) is 6.54 Å². The van der Waals surface area contributed by atoms with Crippen molar-refractivity contribution >= 4 is 21.5 Å². The van der Waals surface area contributed by atoms with Crippen LogP contribution in [0.4, 0.5) is 5.69 Å². The van der Waals surface area contributed by atoms with Gasteiger partial charge in [0.25, 0.3) is 0 Å². The highest BCUT2D eigenvalue weighted by Gasteiger charge is 2.06. The predicted octanol–water partition coefficient (Wildman–Crippen LogP) is 1.07. The molecule has 1 aromatic rings. The van der Waals surface area contributed by atoms with Crippen LogP contribution in [0.15, 0.2) is 29.2 Å². The highest BCUT2D eigenvalue weighted by atomic mass is 32.2. The Bertz CT molecular complexity index is 479. The van der Waals surface area contributed by atoms with Gasteiger partial charge in [-0.05, 0) is 31.2 Å². The lowest BCUT2D eigenvalue weighted by Crippen LogP contribution is -2.16. The monoisotopic (exact) mass is 257 g/mol. The standard InChI is InChI=1S/C11H15NO4S/c1-3-16-11(13)8-12-9-4-6-10(7-5-9)17(2,14)15/h4-7,12H,3,8H2,1-2H3. The van der Waals surface area contributed by atoms with Crippen molar-refractivity contribution in [2.75, 3.05) is 24.7 Å². The van der Waals surface area contributed by atoms with Crippen LogP contribution in [-0.4, -0.2) is 33.8 Å². The van der Waals surface area contributed by atoms with E-state index in [9.17, 15) is 13.2 Å². The molecule has 0 bridgehead atoms. The minimum absolute atomic E-state index is 0.0616. The van der Waals surface area contributed by atoms with Gasteiger partial charge in [-0.25, -0.2) is 8.42 Å². The number of benzene rings is 1. The average molecular weight is 257 g/mol. The molecule has 1 rings (SSSR count). The largest absolute Gasteiger partial charge is 0.465 e. The molecule has 0 aliphatic rings. The van der Waals surface area contributed by atoms with Gasteiger partial charge in [-0.3, -0.25) is 4.79 Å². The molecule has 0 saturated carbocycles. The normalized spacial score (nSPS) is 10.9. The summed E-state index contributed by atoms with van der Waals surface area (Å²) in [4.78, 5) is 11.3. The van der Waals surface area contributed by atoms with E-state index in [1.807, 2.05) is 0 Å². The number of rotatable bonds is 5. The molecule has 0 spiro atoms. The van der Waals surface area contributed by atoms with Crippen LogP contribution in [0, 0.1) is 0 Å². The molecule has 5 nitrogen and oxygen atoms in total. The summed E-state index contributed by atoms with van der Waals surface area (Å²) in [7, 11) is -3.18. The predicted molar refractivity (Wildman–Crippen MR) is 64.7 cm³/mol. The van der Waals surface area contributed by atoms with Crippen LogP contribution < -0.4 is 5.32 Å². The van der Waals surface area contributed by atoms with E-state index < -0.39 is 9.84 Å². The maximum atomic E-state index is 11.2. The number of sulfone groups is 1. The number of nitrogens with one attached hydrogen (secondary N) is 1. The summed E-state index contributed by atoms with van der Waals surface area (Å²) in [5, 5.41) is 2.84. The first kappa shape index (κ1) is 13.5. The molecule has 94 valence electrons. The van der Waals surface area contributed by atoms with E-state index in [1.54, 1.807) is 19.1 Å². The van der Waals surface area contributed by atoms with Crippen LogP contribution in [0.1, 0.15) is 6.92 Å². The van der Waals surface area contributed by atoms with Crippen LogP contribution in [0.2, 0.25) is 0 Å². The first-order chi connectivity index (χ1) is 7.93. The number of carbonyl (C=O) groups excluding carboxylic acids is 1. The molecule has 17 heavy (non-hydrogen) atoms. The van der Waals surface area contributed by atoms with Crippen LogP contribution in [0.5, 0.6) is 0 Å². The fraction of sp³-hybridized carbons (Fsp3) is 0.364. The third-order valence-corrected chi connectivity index (χ3v) is 3.15. The van der Waals surface area contributed by atoms with Crippen molar-refractivity contribution in [1.29, 1.82) is 0 Å². The minimum atomic E-state index is -3.18. The van der Waals surface area contributed by atoms with Gasteiger partial charge in [0.05, 0.1) is 11.5 Å². The Morgan fingerprint density at radius 1 is 1.29 bits per heavy atom. The molecule has 0 radical (unpaired) electrons. The number of anilines is 1. The highest BCUT2D eigenvalue weighted by Crippen LogP contribution is 2.13. The van der Waals surface area contributed by atoms with Crippen molar-refractivity contribution < 1.29 is 17.9 Å². The van der Waals surface area contributed by atoms with Gasteiger partial charge in [0.2, 0.25) is 0 Å². The van der Waals surface area contributed by atoms with Crippen molar-refractivity contribution in [3.63, 3.8) is 0 Å². The molecule has 0 fully saturated rings. The van der Waals surface area contributed by atoms with Crippen LogP contribution in [-0.2, 0) is 19.4 Å².